The predicted molar refractivity (Wildman–Crippen MR) is 33.0 cm³/mol. The monoisotopic (exact) mass is 163 g/mol. The Morgan fingerprint density at radius 3 is 2.67 bits per heavy atom. The molecule has 49 valence electrons. The third kappa shape index (κ3) is 3.27. The van der Waals surface area contributed by atoms with Crippen LogP contribution in [0.4, 0.5) is 0 Å². The lowest BCUT2D eigenvalue weighted by Crippen LogP contribution is -2.25. The van der Waals surface area contributed by atoms with Crippen LogP contribution in [0.1, 0.15) is 6.42 Å². The largest absolute Gasteiger partial charge is 0.699 e. The number of hydrogen-bond acceptors (Lipinski definition) is 4. The van der Waals surface area contributed by atoms with Crippen LogP contribution >= 0.6 is 8.25 Å². The first kappa shape index (κ1) is 9.51. The van der Waals surface area contributed by atoms with Crippen LogP contribution in [0, 0.1) is 0 Å². The van der Waals surface area contributed by atoms with Crippen LogP contribution < -0.4 is 5.73 Å². The Bertz CT molecular complexity index is 111. The molecule has 0 aliphatic carbocycles. The van der Waals surface area contributed by atoms with Crippen LogP contribution in [0.5, 0.6) is 0 Å². The zero-order valence-corrected chi connectivity index (χ0v) is 6.87. The Hall–Kier alpha value is 0.512. The van der Waals surface area contributed by atoms with Crippen LogP contribution in [-0.2, 0) is 13.6 Å². The molecular weight excluding hydrogens is 156 g/mol. The predicted octanol–water partition coefficient (Wildman–Crippen LogP) is -0.0153. The van der Waals surface area contributed by atoms with Gasteiger partial charge in [0.2, 0.25) is 0 Å². The SMILES string of the molecule is NC1CCO[P+](=O)O1.[Al]. The molecule has 1 rings (SSSR count). The smallest absolute Gasteiger partial charge is 0.302 e. The molecule has 0 aromatic carbocycles. The van der Waals surface area contributed by atoms with Gasteiger partial charge in [-0.15, -0.1) is 9.05 Å². The third-order valence-electron chi connectivity index (χ3n) is 0.821. The summed E-state index contributed by atoms with van der Waals surface area (Å²) in [5, 5.41) is 0. The second kappa shape index (κ2) is 4.35. The van der Waals surface area contributed by atoms with Crippen molar-refractivity contribution in [3.05, 3.63) is 0 Å². The highest BCUT2D eigenvalue weighted by atomic mass is 31.1. The molecule has 0 amide bonds. The highest BCUT2D eigenvalue weighted by Gasteiger charge is 2.30. The van der Waals surface area contributed by atoms with Crippen molar-refractivity contribution in [2.75, 3.05) is 6.61 Å². The maximum atomic E-state index is 10.3. The van der Waals surface area contributed by atoms with Crippen LogP contribution in [0.25, 0.3) is 0 Å². The van der Waals surface area contributed by atoms with Gasteiger partial charge in [-0.1, -0.05) is 0 Å². The van der Waals surface area contributed by atoms with E-state index >= 15 is 0 Å². The van der Waals surface area contributed by atoms with E-state index in [1.165, 1.54) is 0 Å². The van der Waals surface area contributed by atoms with E-state index < -0.39 is 14.5 Å². The van der Waals surface area contributed by atoms with E-state index in [0.29, 0.717) is 13.0 Å². The highest BCUT2D eigenvalue weighted by molar-refractivity contribution is 7.33. The number of hydrogen-bond donors (Lipinski definition) is 1. The molecular formula is C3H7AlNO3P+. The molecule has 0 aromatic heterocycles. The van der Waals surface area contributed by atoms with Crippen molar-refractivity contribution < 1.29 is 13.6 Å². The van der Waals surface area contributed by atoms with Crippen LogP contribution in [0.3, 0.4) is 0 Å². The second-order valence-corrected chi connectivity index (χ2v) is 2.41. The Morgan fingerprint density at radius 2 is 2.33 bits per heavy atom. The maximum absolute atomic E-state index is 10.3. The maximum Gasteiger partial charge on any atom is 0.699 e. The summed E-state index contributed by atoms with van der Waals surface area (Å²) >= 11 is 0. The lowest BCUT2D eigenvalue weighted by Gasteiger charge is -2.04. The molecule has 0 aromatic rings. The molecule has 9 heavy (non-hydrogen) atoms. The van der Waals surface area contributed by atoms with Gasteiger partial charge >= 0.3 is 8.25 Å². The molecule has 3 radical (unpaired) electrons. The van der Waals surface area contributed by atoms with Crippen molar-refractivity contribution in [3.8, 4) is 0 Å². The zero-order chi connectivity index (χ0) is 5.98. The molecule has 2 unspecified atom stereocenters. The highest BCUT2D eigenvalue weighted by Crippen LogP contribution is 2.29. The first-order valence-corrected chi connectivity index (χ1v) is 3.41. The Morgan fingerprint density at radius 1 is 1.67 bits per heavy atom. The first-order valence-electron chi connectivity index (χ1n) is 2.31. The summed E-state index contributed by atoms with van der Waals surface area (Å²) in [5.74, 6) is 0. The van der Waals surface area contributed by atoms with Crippen molar-refractivity contribution in [1.82, 2.24) is 0 Å². The van der Waals surface area contributed by atoms with Crippen molar-refractivity contribution in [2.45, 2.75) is 12.6 Å². The molecule has 0 bridgehead atoms. The van der Waals surface area contributed by atoms with Gasteiger partial charge in [-0.25, -0.2) is 0 Å². The minimum atomic E-state index is -1.91. The molecule has 2 N–H and O–H groups in total. The van der Waals surface area contributed by atoms with Gasteiger partial charge in [0.05, 0.1) is 0 Å². The molecule has 0 saturated carbocycles. The molecule has 1 aliphatic heterocycles. The molecule has 1 heterocycles. The van der Waals surface area contributed by atoms with Crippen molar-refractivity contribution in [2.24, 2.45) is 5.73 Å². The van der Waals surface area contributed by atoms with Crippen molar-refractivity contribution >= 4 is 25.6 Å². The molecule has 0 spiro atoms. The molecule has 1 saturated heterocycles. The van der Waals surface area contributed by atoms with Crippen LogP contribution in [0.15, 0.2) is 0 Å². The van der Waals surface area contributed by atoms with Crippen molar-refractivity contribution in [3.63, 3.8) is 0 Å². The molecule has 4 nitrogen and oxygen atoms in total. The van der Waals surface area contributed by atoms with Crippen LogP contribution in [0.2, 0.25) is 0 Å². The molecule has 1 aliphatic rings. The fraction of sp³-hybridized carbons (Fsp3) is 1.00. The average Bonchev–Trinajstić information content (AvgIpc) is 1.64. The van der Waals surface area contributed by atoms with Gasteiger partial charge < -0.3 is 5.73 Å². The normalized spacial score (nSPS) is 31.2. The van der Waals surface area contributed by atoms with E-state index in [4.69, 9.17) is 5.73 Å². The zero-order valence-electron chi connectivity index (χ0n) is 4.82. The summed E-state index contributed by atoms with van der Waals surface area (Å²) in [7, 11) is -1.91. The average molecular weight is 163 g/mol. The van der Waals surface area contributed by atoms with E-state index in [9.17, 15) is 4.57 Å². The minimum absolute atomic E-state index is 0. The molecule has 1 fully saturated rings. The summed E-state index contributed by atoms with van der Waals surface area (Å²) < 4.78 is 19.4. The van der Waals surface area contributed by atoms with Gasteiger partial charge in [-0.2, -0.15) is 0 Å². The summed E-state index contributed by atoms with van der Waals surface area (Å²) in [4.78, 5) is 0. The van der Waals surface area contributed by atoms with E-state index in [-0.39, 0.29) is 17.4 Å². The van der Waals surface area contributed by atoms with E-state index in [1.54, 1.807) is 0 Å². The van der Waals surface area contributed by atoms with Crippen LogP contribution in [-0.4, -0.2) is 30.2 Å². The summed E-state index contributed by atoms with van der Waals surface area (Å²) in [6.07, 6.45) is 0.230. The number of rotatable bonds is 0. The summed E-state index contributed by atoms with van der Waals surface area (Å²) in [6, 6.07) is 0. The van der Waals surface area contributed by atoms with E-state index in [0.717, 1.165) is 0 Å². The van der Waals surface area contributed by atoms with Gasteiger partial charge in [0.25, 0.3) is 0 Å². The van der Waals surface area contributed by atoms with Gasteiger partial charge in [0, 0.05) is 28.3 Å². The Kier molecular flexibility index (Phi) is 4.59. The summed E-state index contributed by atoms with van der Waals surface area (Å²) in [6.45, 7) is 0.441. The molecule has 2 atom stereocenters. The lowest BCUT2D eigenvalue weighted by molar-refractivity contribution is 0.101. The second-order valence-electron chi connectivity index (χ2n) is 1.49. The molecule has 6 heteroatoms. The third-order valence-corrected chi connectivity index (χ3v) is 1.66. The van der Waals surface area contributed by atoms with E-state index in [2.05, 4.69) is 9.05 Å². The number of nitrogens with two attached hydrogens (primary N) is 1. The van der Waals surface area contributed by atoms with E-state index in [1.807, 2.05) is 0 Å². The topological polar surface area (TPSA) is 61.5 Å². The lowest BCUT2D eigenvalue weighted by atomic mass is 10.4. The Balaban J connectivity index is 0.000000640. The van der Waals surface area contributed by atoms with Gasteiger partial charge in [-0.3, -0.25) is 0 Å². The fourth-order valence-electron chi connectivity index (χ4n) is 0.437. The van der Waals surface area contributed by atoms with Crippen molar-refractivity contribution in [1.29, 1.82) is 0 Å². The first-order chi connectivity index (χ1) is 3.79. The fourth-order valence-corrected chi connectivity index (χ4v) is 1.08. The van der Waals surface area contributed by atoms with Gasteiger partial charge in [-0.05, 0) is 0 Å². The quantitative estimate of drug-likeness (QED) is 0.402. The minimum Gasteiger partial charge on any atom is -0.302 e. The standard InChI is InChI=1S/C3H7NO3P.Al/c4-3-1-2-6-8(5)7-3;/h3H,1-2,4H2;/q+1;. The summed E-state index contributed by atoms with van der Waals surface area (Å²) in [5.41, 5.74) is 5.24. The van der Waals surface area contributed by atoms with Gasteiger partial charge in [0.15, 0.2) is 6.23 Å². The Labute approximate surface area is 64.8 Å². The van der Waals surface area contributed by atoms with Gasteiger partial charge in [0.1, 0.15) is 6.61 Å².